The van der Waals surface area contributed by atoms with Crippen molar-refractivity contribution in [2.45, 2.75) is 13.3 Å². The Morgan fingerprint density at radius 2 is 2.33 bits per heavy atom. The lowest BCUT2D eigenvalue weighted by atomic mass is 10.2. The van der Waals surface area contributed by atoms with Crippen molar-refractivity contribution in [3.63, 3.8) is 0 Å². The van der Waals surface area contributed by atoms with Crippen LogP contribution in [0.5, 0.6) is 5.75 Å². The summed E-state index contributed by atoms with van der Waals surface area (Å²) >= 11 is 5.67. The Bertz CT molecular complexity index is 453. The summed E-state index contributed by atoms with van der Waals surface area (Å²) in [7, 11) is 0. The molecule has 0 saturated heterocycles. The van der Waals surface area contributed by atoms with Gasteiger partial charge in [-0.15, -0.1) is 11.6 Å². The van der Waals surface area contributed by atoms with Crippen LogP contribution in [-0.2, 0) is 6.42 Å². The molecule has 15 heavy (non-hydrogen) atoms. The van der Waals surface area contributed by atoms with Crippen LogP contribution in [0.15, 0.2) is 22.7 Å². The van der Waals surface area contributed by atoms with E-state index >= 15 is 0 Å². The number of hydrogen-bond donors (Lipinski definition) is 0. The molecule has 0 atom stereocenters. The number of aryl methyl sites for hydroxylation is 1. The van der Waals surface area contributed by atoms with Gasteiger partial charge >= 0.3 is 0 Å². The second kappa shape index (κ2) is 4.53. The molecule has 1 aromatic carbocycles. The highest BCUT2D eigenvalue weighted by Gasteiger charge is 2.08. The molecule has 0 saturated carbocycles. The van der Waals surface area contributed by atoms with Gasteiger partial charge in [0.15, 0.2) is 5.58 Å². The van der Waals surface area contributed by atoms with Gasteiger partial charge in [0.05, 0.1) is 12.3 Å². The van der Waals surface area contributed by atoms with Crippen molar-refractivity contribution in [1.29, 1.82) is 0 Å². The summed E-state index contributed by atoms with van der Waals surface area (Å²) < 4.78 is 10.6. The summed E-state index contributed by atoms with van der Waals surface area (Å²) in [5.41, 5.74) is 1.66. The maximum Gasteiger partial charge on any atom is 0.170 e. The number of rotatable bonds is 4. The first-order valence-corrected chi connectivity index (χ1v) is 5.45. The molecule has 80 valence electrons. The standard InChI is InChI=1S/C11H12ClNO2/c1-2-14-8-3-4-9-10(5-6-12)13-15-11(9)7-8/h3-4,7H,2,5-6H2,1H3. The summed E-state index contributed by atoms with van der Waals surface area (Å²) in [4.78, 5) is 0. The van der Waals surface area contributed by atoms with Crippen LogP contribution in [0.1, 0.15) is 12.6 Å². The predicted molar refractivity (Wildman–Crippen MR) is 59.6 cm³/mol. The molecule has 0 N–H and O–H groups in total. The fourth-order valence-electron chi connectivity index (χ4n) is 1.50. The molecule has 3 nitrogen and oxygen atoms in total. The smallest absolute Gasteiger partial charge is 0.170 e. The van der Waals surface area contributed by atoms with Crippen molar-refractivity contribution >= 4 is 22.6 Å². The molecular formula is C11H12ClNO2. The first-order chi connectivity index (χ1) is 7.35. The normalized spacial score (nSPS) is 10.8. The Labute approximate surface area is 93.0 Å². The van der Waals surface area contributed by atoms with Gasteiger partial charge in [0, 0.05) is 23.8 Å². The van der Waals surface area contributed by atoms with Gasteiger partial charge in [-0.3, -0.25) is 0 Å². The summed E-state index contributed by atoms with van der Waals surface area (Å²) in [6.07, 6.45) is 0.725. The van der Waals surface area contributed by atoms with E-state index in [0.717, 1.165) is 28.8 Å². The molecule has 2 rings (SSSR count). The van der Waals surface area contributed by atoms with Gasteiger partial charge in [-0.1, -0.05) is 5.16 Å². The minimum atomic E-state index is 0.550. The van der Waals surface area contributed by atoms with Crippen LogP contribution in [0.25, 0.3) is 11.0 Å². The van der Waals surface area contributed by atoms with E-state index in [2.05, 4.69) is 5.16 Å². The summed E-state index contributed by atoms with van der Waals surface area (Å²) in [5.74, 6) is 1.35. The highest BCUT2D eigenvalue weighted by molar-refractivity contribution is 6.18. The molecule has 0 bridgehead atoms. The maximum atomic E-state index is 5.67. The Balaban J connectivity index is 2.38. The topological polar surface area (TPSA) is 35.3 Å². The van der Waals surface area contributed by atoms with E-state index in [1.165, 1.54) is 0 Å². The third-order valence-electron chi connectivity index (χ3n) is 2.16. The lowest BCUT2D eigenvalue weighted by Gasteiger charge is -2.00. The van der Waals surface area contributed by atoms with Gasteiger partial charge in [-0.05, 0) is 19.1 Å². The molecule has 0 amide bonds. The molecule has 1 aromatic heterocycles. The van der Waals surface area contributed by atoms with E-state index in [1.807, 2.05) is 25.1 Å². The molecule has 1 heterocycles. The van der Waals surface area contributed by atoms with Crippen molar-refractivity contribution in [2.24, 2.45) is 0 Å². The molecular weight excluding hydrogens is 214 g/mol. The van der Waals surface area contributed by atoms with E-state index in [9.17, 15) is 0 Å². The van der Waals surface area contributed by atoms with Crippen LogP contribution in [0.3, 0.4) is 0 Å². The van der Waals surface area contributed by atoms with Crippen molar-refractivity contribution in [3.8, 4) is 5.75 Å². The fourth-order valence-corrected chi connectivity index (χ4v) is 1.68. The van der Waals surface area contributed by atoms with E-state index < -0.39 is 0 Å². The second-order valence-corrected chi connectivity index (χ2v) is 3.54. The Hall–Kier alpha value is -1.22. The molecule has 0 aliphatic heterocycles. The van der Waals surface area contributed by atoms with Gasteiger partial charge < -0.3 is 9.26 Å². The third kappa shape index (κ3) is 2.07. The SMILES string of the molecule is CCOc1ccc2c(CCCl)noc2c1. The van der Waals surface area contributed by atoms with Crippen LogP contribution >= 0.6 is 11.6 Å². The van der Waals surface area contributed by atoms with Gasteiger partial charge in [0.2, 0.25) is 0 Å². The molecule has 0 aliphatic carbocycles. The monoisotopic (exact) mass is 225 g/mol. The number of alkyl halides is 1. The van der Waals surface area contributed by atoms with Crippen LogP contribution in [0.4, 0.5) is 0 Å². The van der Waals surface area contributed by atoms with Crippen LogP contribution in [0, 0.1) is 0 Å². The summed E-state index contributed by atoms with van der Waals surface area (Å²) in [5, 5.41) is 4.98. The molecule has 0 radical (unpaired) electrons. The molecule has 0 unspecified atom stereocenters. The quantitative estimate of drug-likeness (QED) is 0.751. The second-order valence-electron chi connectivity index (χ2n) is 3.16. The van der Waals surface area contributed by atoms with Crippen molar-refractivity contribution in [1.82, 2.24) is 5.16 Å². The third-order valence-corrected chi connectivity index (χ3v) is 2.35. The van der Waals surface area contributed by atoms with E-state index in [1.54, 1.807) is 0 Å². The van der Waals surface area contributed by atoms with Crippen molar-refractivity contribution in [2.75, 3.05) is 12.5 Å². The van der Waals surface area contributed by atoms with Gasteiger partial charge in [-0.25, -0.2) is 0 Å². The average molecular weight is 226 g/mol. The van der Waals surface area contributed by atoms with Gasteiger partial charge in [-0.2, -0.15) is 0 Å². The first-order valence-electron chi connectivity index (χ1n) is 4.92. The number of fused-ring (bicyclic) bond motifs is 1. The lowest BCUT2D eigenvalue weighted by Crippen LogP contribution is -1.90. The Kier molecular flexibility index (Phi) is 3.11. The van der Waals surface area contributed by atoms with E-state index in [-0.39, 0.29) is 0 Å². The zero-order valence-electron chi connectivity index (χ0n) is 8.50. The van der Waals surface area contributed by atoms with Gasteiger partial charge in [0.25, 0.3) is 0 Å². The predicted octanol–water partition coefficient (Wildman–Crippen LogP) is 3.01. The number of aromatic nitrogens is 1. The zero-order chi connectivity index (χ0) is 10.7. The Morgan fingerprint density at radius 3 is 3.07 bits per heavy atom. The van der Waals surface area contributed by atoms with Crippen molar-refractivity contribution < 1.29 is 9.26 Å². The van der Waals surface area contributed by atoms with Crippen LogP contribution < -0.4 is 4.74 Å². The van der Waals surface area contributed by atoms with E-state index in [0.29, 0.717) is 12.5 Å². The minimum absolute atomic E-state index is 0.550. The number of halogens is 1. The molecule has 4 heteroatoms. The number of hydrogen-bond acceptors (Lipinski definition) is 3. The van der Waals surface area contributed by atoms with Crippen LogP contribution in [0.2, 0.25) is 0 Å². The highest BCUT2D eigenvalue weighted by Crippen LogP contribution is 2.24. The number of ether oxygens (including phenoxy) is 1. The maximum absolute atomic E-state index is 5.67. The van der Waals surface area contributed by atoms with E-state index in [4.69, 9.17) is 20.9 Å². The Morgan fingerprint density at radius 1 is 1.47 bits per heavy atom. The fraction of sp³-hybridized carbons (Fsp3) is 0.364. The molecule has 0 spiro atoms. The molecule has 0 fully saturated rings. The van der Waals surface area contributed by atoms with Gasteiger partial charge in [0.1, 0.15) is 5.75 Å². The summed E-state index contributed by atoms with van der Waals surface area (Å²) in [6.45, 7) is 2.59. The molecule has 2 aromatic rings. The molecule has 0 aliphatic rings. The number of benzene rings is 1. The van der Waals surface area contributed by atoms with Crippen LogP contribution in [-0.4, -0.2) is 17.6 Å². The average Bonchev–Trinajstić information content (AvgIpc) is 2.62. The zero-order valence-corrected chi connectivity index (χ0v) is 9.25. The van der Waals surface area contributed by atoms with Crippen molar-refractivity contribution in [3.05, 3.63) is 23.9 Å². The highest BCUT2D eigenvalue weighted by atomic mass is 35.5. The largest absolute Gasteiger partial charge is 0.494 e. The lowest BCUT2D eigenvalue weighted by molar-refractivity contribution is 0.339. The first kappa shape index (κ1) is 10.3. The minimum Gasteiger partial charge on any atom is -0.494 e. The number of nitrogens with zero attached hydrogens (tertiary/aromatic N) is 1. The summed E-state index contributed by atoms with van der Waals surface area (Å²) in [6, 6.07) is 5.73.